The summed E-state index contributed by atoms with van der Waals surface area (Å²) >= 11 is 0. The summed E-state index contributed by atoms with van der Waals surface area (Å²) in [4.78, 5) is 27.8. The zero-order valence-corrected chi connectivity index (χ0v) is 21.3. The average molecular weight is 469 g/mol. The number of carbonyl (C=O) groups excluding carboxylic acids is 2. The fourth-order valence-corrected chi connectivity index (χ4v) is 3.68. The topological polar surface area (TPSA) is 67.9 Å². The summed E-state index contributed by atoms with van der Waals surface area (Å²) in [6, 6.07) is 15.4. The molecular weight excluding hydrogens is 428 g/mol. The number of amides is 2. The Kier molecular flexibility index (Phi) is 11.4. The Bertz CT molecular complexity index is 901. The van der Waals surface area contributed by atoms with Gasteiger partial charge < -0.3 is 19.7 Å². The molecule has 0 fully saturated rings. The molecule has 0 radical (unpaired) electrons. The van der Waals surface area contributed by atoms with E-state index in [2.05, 4.69) is 5.32 Å². The van der Waals surface area contributed by atoms with Gasteiger partial charge in [0.25, 0.3) is 0 Å². The molecule has 0 saturated heterocycles. The van der Waals surface area contributed by atoms with Gasteiger partial charge in [-0.2, -0.15) is 0 Å². The van der Waals surface area contributed by atoms with Crippen LogP contribution in [0.3, 0.4) is 0 Å². The molecular formula is C28H40N2O4. The van der Waals surface area contributed by atoms with Gasteiger partial charge >= 0.3 is 0 Å². The lowest BCUT2D eigenvalue weighted by atomic mass is 10.1. The Labute approximate surface area is 204 Å². The van der Waals surface area contributed by atoms with E-state index in [-0.39, 0.29) is 17.9 Å². The lowest BCUT2D eigenvalue weighted by Gasteiger charge is -2.29. The summed E-state index contributed by atoms with van der Waals surface area (Å²) in [7, 11) is 0. The van der Waals surface area contributed by atoms with E-state index < -0.39 is 6.04 Å². The molecule has 0 spiro atoms. The minimum Gasteiger partial charge on any atom is -0.490 e. The Morgan fingerprint density at radius 2 is 1.56 bits per heavy atom. The summed E-state index contributed by atoms with van der Waals surface area (Å²) in [6.07, 6.45) is 2.42. The van der Waals surface area contributed by atoms with Crippen LogP contribution in [-0.2, 0) is 22.4 Å². The molecule has 2 aromatic carbocycles. The van der Waals surface area contributed by atoms with E-state index in [0.29, 0.717) is 50.5 Å². The first-order valence-electron chi connectivity index (χ1n) is 12.4. The highest BCUT2D eigenvalue weighted by atomic mass is 16.5. The zero-order valence-electron chi connectivity index (χ0n) is 21.3. The molecule has 2 atom stereocenters. The summed E-state index contributed by atoms with van der Waals surface area (Å²) in [5.41, 5.74) is 2.14. The van der Waals surface area contributed by atoms with Gasteiger partial charge in [-0.1, -0.05) is 43.3 Å². The minimum atomic E-state index is -0.537. The van der Waals surface area contributed by atoms with Crippen molar-refractivity contribution in [3.63, 3.8) is 0 Å². The largest absolute Gasteiger partial charge is 0.490 e. The highest BCUT2D eigenvalue weighted by molar-refractivity contribution is 5.87. The van der Waals surface area contributed by atoms with Gasteiger partial charge in [-0.05, 0) is 70.2 Å². The highest BCUT2D eigenvalue weighted by Crippen LogP contribution is 2.29. The monoisotopic (exact) mass is 468 g/mol. The molecule has 0 aliphatic rings. The van der Waals surface area contributed by atoms with Crippen molar-refractivity contribution in [2.45, 2.75) is 72.4 Å². The summed E-state index contributed by atoms with van der Waals surface area (Å²) < 4.78 is 11.4. The van der Waals surface area contributed by atoms with Crippen LogP contribution in [0.1, 0.15) is 58.6 Å². The standard InChI is InChI=1S/C28H40N2O4/c1-6-21(4)29-28(32)22(5)30(19-18-23-12-10-9-11-13-23)27(31)17-15-24-14-16-25(33-7-2)26(20-24)34-8-3/h9-14,16,20-22H,6-8,15,17-19H2,1-5H3,(H,29,32)/t21-,22+/m0/s1. The van der Waals surface area contributed by atoms with Crippen molar-refractivity contribution in [1.29, 1.82) is 0 Å². The van der Waals surface area contributed by atoms with Crippen LogP contribution in [0, 0.1) is 0 Å². The Morgan fingerprint density at radius 1 is 0.882 bits per heavy atom. The molecule has 0 bridgehead atoms. The molecule has 6 nitrogen and oxygen atoms in total. The number of hydrogen-bond donors (Lipinski definition) is 1. The van der Waals surface area contributed by atoms with Gasteiger partial charge in [0, 0.05) is 19.0 Å². The van der Waals surface area contributed by atoms with Crippen molar-refractivity contribution in [1.82, 2.24) is 10.2 Å². The van der Waals surface area contributed by atoms with Crippen LogP contribution in [0.25, 0.3) is 0 Å². The number of carbonyl (C=O) groups is 2. The smallest absolute Gasteiger partial charge is 0.242 e. The van der Waals surface area contributed by atoms with Crippen molar-refractivity contribution < 1.29 is 19.1 Å². The number of ether oxygens (including phenoxy) is 2. The van der Waals surface area contributed by atoms with Crippen LogP contribution < -0.4 is 14.8 Å². The third-order valence-corrected chi connectivity index (χ3v) is 5.89. The first-order valence-corrected chi connectivity index (χ1v) is 12.4. The predicted molar refractivity (Wildman–Crippen MR) is 136 cm³/mol. The number of aryl methyl sites for hydroxylation is 1. The molecule has 1 N–H and O–H groups in total. The maximum atomic E-state index is 13.3. The summed E-state index contributed by atoms with van der Waals surface area (Å²) in [6.45, 7) is 11.3. The molecule has 2 aromatic rings. The molecule has 186 valence electrons. The van der Waals surface area contributed by atoms with Crippen molar-refractivity contribution in [2.75, 3.05) is 19.8 Å². The number of benzene rings is 2. The van der Waals surface area contributed by atoms with E-state index in [9.17, 15) is 9.59 Å². The van der Waals surface area contributed by atoms with Gasteiger partial charge in [-0.3, -0.25) is 9.59 Å². The Balaban J connectivity index is 2.11. The second-order valence-corrected chi connectivity index (χ2v) is 8.46. The van der Waals surface area contributed by atoms with Crippen molar-refractivity contribution in [3.8, 4) is 11.5 Å². The van der Waals surface area contributed by atoms with E-state index >= 15 is 0 Å². The second-order valence-electron chi connectivity index (χ2n) is 8.46. The van der Waals surface area contributed by atoms with Crippen LogP contribution in [0.5, 0.6) is 11.5 Å². The molecule has 34 heavy (non-hydrogen) atoms. The maximum absolute atomic E-state index is 13.3. The van der Waals surface area contributed by atoms with Crippen LogP contribution in [-0.4, -0.2) is 48.6 Å². The highest BCUT2D eigenvalue weighted by Gasteiger charge is 2.26. The number of hydrogen-bond acceptors (Lipinski definition) is 4. The van der Waals surface area contributed by atoms with Gasteiger partial charge in [0.2, 0.25) is 11.8 Å². The Hall–Kier alpha value is -3.02. The lowest BCUT2D eigenvalue weighted by Crippen LogP contribution is -2.50. The van der Waals surface area contributed by atoms with E-state index in [0.717, 1.165) is 17.5 Å². The fraction of sp³-hybridized carbons (Fsp3) is 0.500. The number of nitrogens with one attached hydrogen (secondary N) is 1. The molecule has 0 aromatic heterocycles. The van der Waals surface area contributed by atoms with Gasteiger partial charge in [0.15, 0.2) is 11.5 Å². The van der Waals surface area contributed by atoms with Crippen molar-refractivity contribution in [2.24, 2.45) is 0 Å². The Morgan fingerprint density at radius 3 is 2.21 bits per heavy atom. The number of rotatable bonds is 14. The van der Waals surface area contributed by atoms with Gasteiger partial charge in [0.1, 0.15) is 6.04 Å². The molecule has 0 heterocycles. The molecule has 6 heteroatoms. The summed E-state index contributed by atoms with van der Waals surface area (Å²) in [5.74, 6) is 1.25. The van der Waals surface area contributed by atoms with Gasteiger partial charge in [0.05, 0.1) is 13.2 Å². The maximum Gasteiger partial charge on any atom is 0.242 e. The minimum absolute atomic E-state index is 0.0328. The van der Waals surface area contributed by atoms with Crippen LogP contribution >= 0.6 is 0 Å². The SMILES string of the molecule is CCOc1ccc(CCC(=O)N(CCc2ccccc2)[C@H](C)C(=O)N[C@@H](C)CC)cc1OCC. The van der Waals surface area contributed by atoms with Crippen LogP contribution in [0.15, 0.2) is 48.5 Å². The zero-order chi connectivity index (χ0) is 24.9. The first-order chi connectivity index (χ1) is 16.4. The molecule has 0 aliphatic heterocycles. The van der Waals surface area contributed by atoms with Gasteiger partial charge in [-0.25, -0.2) is 0 Å². The van der Waals surface area contributed by atoms with Crippen LogP contribution in [0.4, 0.5) is 0 Å². The third-order valence-electron chi connectivity index (χ3n) is 5.89. The molecule has 0 unspecified atom stereocenters. The summed E-state index contributed by atoms with van der Waals surface area (Å²) in [5, 5.41) is 3.01. The number of nitrogens with zero attached hydrogens (tertiary/aromatic N) is 1. The first kappa shape index (κ1) is 27.2. The molecule has 2 amide bonds. The fourth-order valence-electron chi connectivity index (χ4n) is 3.68. The second kappa shape index (κ2) is 14.3. The molecule has 0 aliphatic carbocycles. The van der Waals surface area contributed by atoms with E-state index in [1.54, 1.807) is 4.90 Å². The predicted octanol–water partition coefficient (Wildman–Crippen LogP) is 4.79. The average Bonchev–Trinajstić information content (AvgIpc) is 2.84. The third kappa shape index (κ3) is 8.40. The normalized spacial score (nSPS) is 12.5. The molecule has 0 saturated carbocycles. The van der Waals surface area contributed by atoms with Crippen LogP contribution in [0.2, 0.25) is 0 Å². The quantitative estimate of drug-likeness (QED) is 0.433. The van der Waals surface area contributed by atoms with Crippen molar-refractivity contribution in [3.05, 3.63) is 59.7 Å². The van der Waals surface area contributed by atoms with E-state index in [1.165, 1.54) is 0 Å². The van der Waals surface area contributed by atoms with E-state index in [4.69, 9.17) is 9.47 Å². The van der Waals surface area contributed by atoms with Crippen molar-refractivity contribution >= 4 is 11.8 Å². The van der Waals surface area contributed by atoms with Gasteiger partial charge in [-0.15, -0.1) is 0 Å². The van der Waals surface area contributed by atoms with E-state index in [1.807, 2.05) is 83.1 Å². The molecule has 2 rings (SSSR count). The lowest BCUT2D eigenvalue weighted by molar-refractivity contribution is -0.140.